The van der Waals surface area contributed by atoms with Gasteiger partial charge in [0, 0.05) is 13.6 Å². The van der Waals surface area contributed by atoms with Crippen LogP contribution in [0.1, 0.15) is 6.42 Å². The molecule has 1 heterocycles. The third-order valence-electron chi connectivity index (χ3n) is 2.09. The van der Waals surface area contributed by atoms with E-state index >= 15 is 0 Å². The smallest absolute Gasteiger partial charge is 0.279 e. The van der Waals surface area contributed by atoms with Gasteiger partial charge in [-0.05, 0) is 6.42 Å². The van der Waals surface area contributed by atoms with Gasteiger partial charge in [-0.15, -0.1) is 0 Å². The zero-order valence-electron chi connectivity index (χ0n) is 7.27. The van der Waals surface area contributed by atoms with Gasteiger partial charge in [-0.1, -0.05) is 0 Å². The summed E-state index contributed by atoms with van der Waals surface area (Å²) in [6.07, 6.45) is -1.11. The van der Waals surface area contributed by atoms with Gasteiger partial charge in [0.25, 0.3) is 10.2 Å². The van der Waals surface area contributed by atoms with Crippen molar-refractivity contribution in [3.8, 4) is 0 Å². The Hall–Kier alpha value is -0.240. The molecule has 7 heteroatoms. The summed E-state index contributed by atoms with van der Waals surface area (Å²) in [5.74, 6) is 0. The molecule has 1 fully saturated rings. The van der Waals surface area contributed by atoms with Crippen LogP contribution in [0.15, 0.2) is 0 Å². The van der Waals surface area contributed by atoms with Crippen LogP contribution in [0.3, 0.4) is 0 Å². The summed E-state index contributed by atoms with van der Waals surface area (Å²) in [5.41, 5.74) is 0. The molecule has 0 aromatic carbocycles. The number of aliphatic hydroxyl groups excluding tert-OH is 1. The van der Waals surface area contributed by atoms with Gasteiger partial charge < -0.3 is 5.11 Å². The second kappa shape index (κ2) is 3.87. The molecule has 0 radical (unpaired) electrons. The number of alkyl halides is 1. The summed E-state index contributed by atoms with van der Waals surface area (Å²) < 4.78 is 38.4. The zero-order chi connectivity index (χ0) is 10.1. The average molecular weight is 212 g/mol. The van der Waals surface area contributed by atoms with Gasteiger partial charge in [-0.25, -0.2) is 9.11 Å². The Morgan fingerprint density at radius 2 is 2.31 bits per heavy atom. The topological polar surface area (TPSA) is 69.6 Å². The van der Waals surface area contributed by atoms with Crippen LogP contribution in [0, 0.1) is 0 Å². The van der Waals surface area contributed by atoms with Gasteiger partial charge in [-0.3, -0.25) is 0 Å². The van der Waals surface area contributed by atoms with Crippen LogP contribution in [0.25, 0.3) is 0 Å². The number of nitrogens with zero attached hydrogens (tertiary/aromatic N) is 1. The summed E-state index contributed by atoms with van der Waals surface area (Å²) in [6, 6.07) is -0.632. The maximum absolute atomic E-state index is 12.8. The second-order valence-electron chi connectivity index (χ2n) is 2.95. The summed E-state index contributed by atoms with van der Waals surface area (Å²) in [5, 5.41) is 8.81. The zero-order valence-corrected chi connectivity index (χ0v) is 8.09. The molecular formula is C6H13FN2O3S. The van der Waals surface area contributed by atoms with E-state index in [9.17, 15) is 12.8 Å². The molecule has 13 heavy (non-hydrogen) atoms. The highest BCUT2D eigenvalue weighted by molar-refractivity contribution is 7.87. The molecule has 0 amide bonds. The van der Waals surface area contributed by atoms with Crippen molar-refractivity contribution in [2.24, 2.45) is 0 Å². The Labute approximate surface area is 76.7 Å². The van der Waals surface area contributed by atoms with E-state index in [0.29, 0.717) is 0 Å². The van der Waals surface area contributed by atoms with Crippen molar-refractivity contribution in [3.05, 3.63) is 0 Å². The maximum Gasteiger partial charge on any atom is 0.279 e. The number of hydrogen-bond acceptors (Lipinski definition) is 3. The van der Waals surface area contributed by atoms with Crippen LogP contribution in [0.4, 0.5) is 4.39 Å². The van der Waals surface area contributed by atoms with Crippen LogP contribution in [-0.2, 0) is 10.2 Å². The lowest BCUT2D eigenvalue weighted by molar-refractivity contribution is 0.212. The Bertz CT molecular complexity index is 269. The largest absolute Gasteiger partial charge is 0.395 e. The fourth-order valence-corrected chi connectivity index (χ4v) is 2.55. The van der Waals surface area contributed by atoms with E-state index in [1.807, 2.05) is 0 Å². The molecule has 1 aliphatic rings. The summed E-state index contributed by atoms with van der Waals surface area (Å²) >= 11 is 0. The van der Waals surface area contributed by atoms with Gasteiger partial charge in [0.15, 0.2) is 0 Å². The number of nitrogens with one attached hydrogen (secondary N) is 1. The molecule has 1 aliphatic heterocycles. The molecular weight excluding hydrogens is 199 g/mol. The van der Waals surface area contributed by atoms with Crippen molar-refractivity contribution in [3.63, 3.8) is 0 Å². The minimum absolute atomic E-state index is 0.0669. The first-order chi connectivity index (χ1) is 6.01. The monoisotopic (exact) mass is 212 g/mol. The minimum Gasteiger partial charge on any atom is -0.395 e. The SMILES string of the molecule is CNS(=O)(=O)N1C[C@@H](F)C[C@H]1CO. The van der Waals surface area contributed by atoms with E-state index in [0.717, 1.165) is 4.31 Å². The van der Waals surface area contributed by atoms with Crippen LogP contribution in [0.2, 0.25) is 0 Å². The Morgan fingerprint density at radius 3 is 2.77 bits per heavy atom. The van der Waals surface area contributed by atoms with Crippen molar-refractivity contribution < 1.29 is 17.9 Å². The predicted octanol–water partition coefficient (Wildman–Crippen LogP) is -1.14. The molecule has 2 N–H and O–H groups in total. The normalized spacial score (nSPS) is 31.0. The fraction of sp³-hybridized carbons (Fsp3) is 1.00. The number of aliphatic hydroxyl groups is 1. The van der Waals surface area contributed by atoms with E-state index in [1.165, 1.54) is 7.05 Å². The lowest BCUT2D eigenvalue weighted by Gasteiger charge is -2.20. The molecule has 0 aliphatic carbocycles. The molecule has 0 spiro atoms. The molecule has 1 rings (SSSR count). The molecule has 1 saturated heterocycles. The van der Waals surface area contributed by atoms with Gasteiger partial charge >= 0.3 is 0 Å². The third-order valence-corrected chi connectivity index (χ3v) is 3.67. The second-order valence-corrected chi connectivity index (χ2v) is 4.78. The van der Waals surface area contributed by atoms with Crippen molar-refractivity contribution in [1.29, 1.82) is 0 Å². The lowest BCUT2D eigenvalue weighted by Crippen LogP contribution is -2.43. The highest BCUT2D eigenvalue weighted by Crippen LogP contribution is 2.22. The van der Waals surface area contributed by atoms with Crippen LogP contribution in [-0.4, -0.2) is 50.2 Å². The molecule has 0 bridgehead atoms. The Balaban J connectivity index is 2.80. The van der Waals surface area contributed by atoms with Crippen molar-refractivity contribution in [2.45, 2.75) is 18.6 Å². The molecule has 78 valence electrons. The summed E-state index contributed by atoms with van der Waals surface area (Å²) in [6.45, 7) is -0.518. The highest BCUT2D eigenvalue weighted by atomic mass is 32.2. The molecule has 0 saturated carbocycles. The summed E-state index contributed by atoms with van der Waals surface area (Å²) in [7, 11) is -2.35. The molecule has 5 nitrogen and oxygen atoms in total. The first kappa shape index (κ1) is 10.8. The Kier molecular flexibility index (Phi) is 3.23. The fourth-order valence-electron chi connectivity index (χ4n) is 1.41. The van der Waals surface area contributed by atoms with E-state index in [2.05, 4.69) is 4.72 Å². The summed E-state index contributed by atoms with van der Waals surface area (Å²) in [4.78, 5) is 0. The van der Waals surface area contributed by atoms with Crippen LogP contribution < -0.4 is 4.72 Å². The first-order valence-corrected chi connectivity index (χ1v) is 5.40. The van der Waals surface area contributed by atoms with Crippen molar-refractivity contribution in [1.82, 2.24) is 9.03 Å². The van der Waals surface area contributed by atoms with Crippen LogP contribution >= 0.6 is 0 Å². The maximum atomic E-state index is 12.8. The Morgan fingerprint density at radius 1 is 1.69 bits per heavy atom. The van der Waals surface area contributed by atoms with E-state index in [1.54, 1.807) is 0 Å². The van der Waals surface area contributed by atoms with Crippen molar-refractivity contribution in [2.75, 3.05) is 20.2 Å². The predicted molar refractivity (Wildman–Crippen MR) is 45.1 cm³/mol. The number of halogens is 1. The molecule has 0 aromatic heterocycles. The third kappa shape index (κ3) is 2.16. The number of rotatable bonds is 3. The number of hydrogen-bond donors (Lipinski definition) is 2. The highest BCUT2D eigenvalue weighted by Gasteiger charge is 2.38. The molecule has 0 unspecified atom stereocenters. The van der Waals surface area contributed by atoms with E-state index in [-0.39, 0.29) is 19.6 Å². The van der Waals surface area contributed by atoms with Gasteiger partial charge in [0.05, 0.1) is 12.6 Å². The first-order valence-electron chi connectivity index (χ1n) is 3.96. The standard InChI is InChI=1S/C6H13FN2O3S/c1-8-13(11,12)9-3-5(7)2-6(9)4-10/h5-6,8,10H,2-4H2,1H3/t5-,6-/m0/s1. The minimum atomic E-state index is -3.61. The van der Waals surface area contributed by atoms with Gasteiger partial charge in [0.1, 0.15) is 6.17 Å². The lowest BCUT2D eigenvalue weighted by atomic mass is 10.2. The van der Waals surface area contributed by atoms with Gasteiger partial charge in [0.2, 0.25) is 0 Å². The van der Waals surface area contributed by atoms with E-state index < -0.39 is 22.4 Å². The molecule has 0 aromatic rings. The van der Waals surface area contributed by atoms with Crippen LogP contribution in [0.5, 0.6) is 0 Å². The van der Waals surface area contributed by atoms with Gasteiger partial charge in [-0.2, -0.15) is 12.7 Å². The molecule has 2 atom stereocenters. The van der Waals surface area contributed by atoms with E-state index in [4.69, 9.17) is 5.11 Å². The van der Waals surface area contributed by atoms with Crippen molar-refractivity contribution >= 4 is 10.2 Å². The quantitative estimate of drug-likeness (QED) is 0.621. The average Bonchev–Trinajstić information content (AvgIpc) is 2.47.